The molecule has 0 saturated heterocycles. The van der Waals surface area contributed by atoms with E-state index in [2.05, 4.69) is 0 Å². The zero-order valence-corrected chi connectivity index (χ0v) is 7.05. The van der Waals surface area contributed by atoms with Gasteiger partial charge in [-0.3, -0.25) is 4.79 Å². The topological polar surface area (TPSA) is 26.3 Å². The quantitative estimate of drug-likeness (QED) is 0.459. The summed E-state index contributed by atoms with van der Waals surface area (Å²) < 4.78 is 4.69. The van der Waals surface area contributed by atoms with Crippen molar-refractivity contribution in [1.29, 1.82) is 0 Å². The molecule has 54 valence electrons. The Morgan fingerprint density at radius 2 is 2.10 bits per heavy atom. The third kappa shape index (κ3) is 1.22. The number of hydrogen-bond acceptors (Lipinski definition) is 4. The van der Waals surface area contributed by atoms with Gasteiger partial charge < -0.3 is 4.74 Å². The van der Waals surface area contributed by atoms with E-state index in [4.69, 9.17) is 29.2 Å². The van der Waals surface area contributed by atoms with E-state index in [1.165, 1.54) is 0 Å². The normalized spacial score (nSPS) is 17.3. The van der Waals surface area contributed by atoms with E-state index in [1.807, 2.05) is 0 Å². The maximum Gasteiger partial charge on any atom is 0.319 e. The molecule has 0 N–H and O–H groups in total. The van der Waals surface area contributed by atoms with Crippen molar-refractivity contribution in [2.24, 2.45) is 5.92 Å². The molecule has 0 aliphatic heterocycles. The second-order valence-electron chi connectivity index (χ2n) is 1.91. The molecule has 2 nitrogen and oxygen atoms in total. The smallest absolute Gasteiger partial charge is 0.319 e. The summed E-state index contributed by atoms with van der Waals surface area (Å²) in [7, 11) is 0. The number of thiocarbonyl (C=S) groups is 2. The van der Waals surface area contributed by atoms with Gasteiger partial charge in [0.15, 0.2) is 0 Å². The molecule has 0 amide bonds. The molecule has 0 aromatic carbocycles. The van der Waals surface area contributed by atoms with E-state index in [0.29, 0.717) is 16.3 Å². The fraction of sp³-hybridized carbons (Fsp3) is 0.500. The zero-order chi connectivity index (χ0) is 7.72. The Labute approximate surface area is 69.6 Å². The lowest BCUT2D eigenvalue weighted by molar-refractivity contribution is -0.142. The van der Waals surface area contributed by atoms with Gasteiger partial charge in [-0.2, -0.15) is 0 Å². The van der Waals surface area contributed by atoms with Crippen LogP contribution in [-0.4, -0.2) is 22.3 Å². The first-order valence-electron chi connectivity index (χ1n) is 2.93. The minimum Gasteiger partial charge on any atom is -0.465 e. The highest BCUT2D eigenvalue weighted by Gasteiger charge is 2.45. The molecule has 1 fully saturated rings. The van der Waals surface area contributed by atoms with Crippen LogP contribution < -0.4 is 0 Å². The summed E-state index contributed by atoms with van der Waals surface area (Å²) in [5.41, 5.74) is 0. The second-order valence-corrected chi connectivity index (χ2v) is 2.79. The SMILES string of the molecule is CCOC(=O)C1C(=S)C1=S. The summed E-state index contributed by atoms with van der Waals surface area (Å²) in [5.74, 6) is -0.637. The van der Waals surface area contributed by atoms with Crippen molar-refractivity contribution in [3.05, 3.63) is 0 Å². The van der Waals surface area contributed by atoms with Crippen LogP contribution in [0.1, 0.15) is 6.92 Å². The highest BCUT2D eigenvalue weighted by atomic mass is 32.1. The predicted octanol–water partition coefficient (Wildman–Crippen LogP) is 0.919. The van der Waals surface area contributed by atoms with Gasteiger partial charge in [0.05, 0.1) is 6.61 Å². The first-order valence-corrected chi connectivity index (χ1v) is 3.74. The Morgan fingerprint density at radius 1 is 1.60 bits per heavy atom. The predicted molar refractivity (Wildman–Crippen MR) is 45.3 cm³/mol. The molecular formula is C6H6O2S2. The summed E-state index contributed by atoms with van der Waals surface area (Å²) in [4.78, 5) is 12.0. The number of esters is 1. The van der Waals surface area contributed by atoms with E-state index >= 15 is 0 Å². The van der Waals surface area contributed by atoms with Gasteiger partial charge in [-0.1, -0.05) is 24.4 Å². The van der Waals surface area contributed by atoms with Gasteiger partial charge in [0.2, 0.25) is 0 Å². The van der Waals surface area contributed by atoms with Gasteiger partial charge in [0.25, 0.3) is 0 Å². The van der Waals surface area contributed by atoms with E-state index in [9.17, 15) is 4.79 Å². The van der Waals surface area contributed by atoms with Crippen molar-refractivity contribution in [2.75, 3.05) is 6.61 Å². The minimum atomic E-state index is -0.343. The summed E-state index contributed by atoms with van der Waals surface area (Å²) >= 11 is 9.48. The monoisotopic (exact) mass is 174 g/mol. The molecule has 1 aliphatic carbocycles. The fourth-order valence-corrected chi connectivity index (χ4v) is 1.24. The van der Waals surface area contributed by atoms with Crippen LogP contribution in [0.2, 0.25) is 0 Å². The number of rotatable bonds is 2. The molecule has 10 heavy (non-hydrogen) atoms. The first-order chi connectivity index (χ1) is 4.68. The lowest BCUT2D eigenvalue weighted by atomic mass is 10.4. The third-order valence-corrected chi connectivity index (χ3v) is 2.25. The van der Waals surface area contributed by atoms with Crippen LogP contribution in [0.3, 0.4) is 0 Å². The molecule has 1 saturated carbocycles. The van der Waals surface area contributed by atoms with Crippen molar-refractivity contribution >= 4 is 40.1 Å². The summed E-state index contributed by atoms with van der Waals surface area (Å²) in [6.45, 7) is 2.15. The molecule has 0 atom stereocenters. The highest BCUT2D eigenvalue weighted by molar-refractivity contribution is 7.92. The lowest BCUT2D eigenvalue weighted by Gasteiger charge is -1.94. The Kier molecular flexibility index (Phi) is 2.11. The van der Waals surface area contributed by atoms with E-state index in [0.717, 1.165) is 0 Å². The number of carbonyl (C=O) groups excluding carboxylic acids is 1. The molecule has 4 heteroatoms. The third-order valence-electron chi connectivity index (χ3n) is 1.21. The molecule has 0 aromatic rings. The molecule has 0 unspecified atom stereocenters. The van der Waals surface area contributed by atoms with Crippen LogP contribution in [0.25, 0.3) is 0 Å². The highest BCUT2D eigenvalue weighted by Crippen LogP contribution is 2.24. The molecular weight excluding hydrogens is 168 g/mol. The number of hydrogen-bond donors (Lipinski definition) is 0. The molecule has 0 bridgehead atoms. The van der Waals surface area contributed by atoms with Crippen LogP contribution >= 0.6 is 24.4 Å². The molecule has 0 aromatic heterocycles. The standard InChI is InChI=1S/C6H6O2S2/c1-2-8-6(7)3-4(9)5(3)10/h3H,2H2,1H3. The molecule has 0 heterocycles. The number of carbonyl (C=O) groups is 1. The summed E-state index contributed by atoms with van der Waals surface area (Å²) in [5, 5.41) is 0. The lowest BCUT2D eigenvalue weighted by Crippen LogP contribution is -2.07. The van der Waals surface area contributed by atoms with Gasteiger partial charge in [-0.25, -0.2) is 0 Å². The van der Waals surface area contributed by atoms with E-state index in [1.54, 1.807) is 6.92 Å². The molecule has 1 rings (SSSR count). The Bertz CT molecular complexity index is 196. The van der Waals surface area contributed by atoms with Gasteiger partial charge in [-0.05, 0) is 6.92 Å². The molecule has 1 aliphatic rings. The fourth-order valence-electron chi connectivity index (χ4n) is 0.623. The van der Waals surface area contributed by atoms with Crippen molar-refractivity contribution in [3.8, 4) is 0 Å². The first kappa shape index (κ1) is 7.75. The zero-order valence-electron chi connectivity index (χ0n) is 5.42. The minimum absolute atomic E-state index is 0.294. The molecule has 0 radical (unpaired) electrons. The van der Waals surface area contributed by atoms with Crippen LogP contribution in [0.4, 0.5) is 0 Å². The Hall–Kier alpha value is -0.350. The van der Waals surface area contributed by atoms with Gasteiger partial charge in [0.1, 0.15) is 5.92 Å². The summed E-state index contributed by atoms with van der Waals surface area (Å²) in [6, 6.07) is 0. The van der Waals surface area contributed by atoms with E-state index < -0.39 is 0 Å². The largest absolute Gasteiger partial charge is 0.465 e. The van der Waals surface area contributed by atoms with Crippen molar-refractivity contribution < 1.29 is 9.53 Å². The van der Waals surface area contributed by atoms with Crippen molar-refractivity contribution in [1.82, 2.24) is 0 Å². The van der Waals surface area contributed by atoms with Crippen LogP contribution in [0, 0.1) is 5.92 Å². The van der Waals surface area contributed by atoms with Crippen molar-refractivity contribution in [2.45, 2.75) is 6.92 Å². The van der Waals surface area contributed by atoms with Gasteiger partial charge in [-0.15, -0.1) is 0 Å². The van der Waals surface area contributed by atoms with Gasteiger partial charge in [0, 0.05) is 9.73 Å². The average molecular weight is 174 g/mol. The van der Waals surface area contributed by atoms with Crippen LogP contribution in [-0.2, 0) is 9.53 Å². The van der Waals surface area contributed by atoms with Crippen LogP contribution in [0.15, 0.2) is 0 Å². The second kappa shape index (κ2) is 2.72. The van der Waals surface area contributed by atoms with Gasteiger partial charge >= 0.3 is 5.97 Å². The Balaban J connectivity index is 2.46. The summed E-state index contributed by atoms with van der Waals surface area (Å²) in [6.07, 6.45) is 0. The molecule has 0 spiro atoms. The average Bonchev–Trinajstić information content (AvgIpc) is 2.42. The van der Waals surface area contributed by atoms with Crippen LogP contribution in [0.5, 0.6) is 0 Å². The number of ether oxygens (including phenoxy) is 1. The maximum absolute atomic E-state index is 10.8. The van der Waals surface area contributed by atoms with E-state index in [-0.39, 0.29) is 11.9 Å². The maximum atomic E-state index is 10.8. The van der Waals surface area contributed by atoms with Crippen molar-refractivity contribution in [3.63, 3.8) is 0 Å². The Morgan fingerprint density at radius 3 is 2.40 bits per heavy atom.